The van der Waals surface area contributed by atoms with E-state index in [1.54, 1.807) is 5.56 Å². The van der Waals surface area contributed by atoms with Crippen LogP contribution in [0, 0.1) is 5.92 Å². The van der Waals surface area contributed by atoms with Crippen molar-refractivity contribution in [2.75, 3.05) is 13.7 Å². The molecule has 2 saturated heterocycles. The van der Waals surface area contributed by atoms with Gasteiger partial charge in [-0.25, -0.2) is 0 Å². The first-order valence-corrected chi connectivity index (χ1v) is 8.99. The molecule has 21 heavy (non-hydrogen) atoms. The molecule has 1 aromatic carbocycles. The summed E-state index contributed by atoms with van der Waals surface area (Å²) in [5.41, 5.74) is 1.55. The number of hydrogen-bond acceptors (Lipinski definition) is 1. The number of nitrogens with zero attached hydrogens (tertiary/aromatic N) is 1. The molecule has 0 amide bonds. The molecule has 3 heteroatoms. The summed E-state index contributed by atoms with van der Waals surface area (Å²) in [6, 6.07) is 12.7. The van der Waals surface area contributed by atoms with Crippen LogP contribution in [-0.2, 0) is 0 Å². The third-order valence-electron chi connectivity index (χ3n) is 5.09. The minimum absolute atomic E-state index is 0.500. The molecule has 2 aliphatic rings. The Balaban J connectivity index is 0.000000774. The molecule has 0 saturated carbocycles. The zero-order valence-electron chi connectivity index (χ0n) is 12.9. The number of alkyl halides is 1. The Morgan fingerprint density at radius 1 is 1.24 bits per heavy atom. The number of halogens is 2. The van der Waals surface area contributed by atoms with Gasteiger partial charge in [0, 0.05) is 18.6 Å². The maximum absolute atomic E-state index is 9.50. The molecule has 3 unspecified atom stereocenters. The minimum atomic E-state index is 0.500. The van der Waals surface area contributed by atoms with Crippen LogP contribution in [0.4, 0.5) is 4.39 Å². The molecule has 1 nitrogen and oxygen atoms in total. The topological polar surface area (TPSA) is 3.24 Å². The SMILES string of the molecule is CF.C[C@@H]1C(c2ccccc2)CC2CCC1N2C/C=C/I. The van der Waals surface area contributed by atoms with Crippen LogP contribution in [0.15, 0.2) is 40.5 Å². The number of rotatable bonds is 3. The maximum atomic E-state index is 9.50. The van der Waals surface area contributed by atoms with E-state index in [1.165, 1.54) is 19.3 Å². The number of hydrogen-bond donors (Lipinski definition) is 0. The van der Waals surface area contributed by atoms with E-state index in [0.717, 1.165) is 30.5 Å². The molecule has 2 bridgehead atoms. The fraction of sp³-hybridized carbons (Fsp3) is 0.556. The Morgan fingerprint density at radius 2 is 1.95 bits per heavy atom. The molecule has 0 aromatic heterocycles. The average Bonchev–Trinajstić information content (AvgIpc) is 2.87. The second kappa shape index (κ2) is 8.28. The van der Waals surface area contributed by atoms with Crippen LogP contribution in [0.3, 0.4) is 0 Å². The van der Waals surface area contributed by atoms with Crippen molar-refractivity contribution in [3.8, 4) is 0 Å². The van der Waals surface area contributed by atoms with Crippen LogP contribution in [0.5, 0.6) is 0 Å². The molecular weight excluding hydrogens is 376 g/mol. The Kier molecular flexibility index (Phi) is 6.68. The number of piperidine rings is 1. The summed E-state index contributed by atoms with van der Waals surface area (Å²) in [7, 11) is 0.500. The van der Waals surface area contributed by atoms with Gasteiger partial charge in [-0.3, -0.25) is 9.29 Å². The Labute approximate surface area is 141 Å². The zero-order valence-corrected chi connectivity index (χ0v) is 15.0. The van der Waals surface area contributed by atoms with Gasteiger partial charge in [-0.1, -0.05) is 65.9 Å². The van der Waals surface area contributed by atoms with Gasteiger partial charge in [0.15, 0.2) is 0 Å². The second-order valence-electron chi connectivity index (χ2n) is 5.97. The molecule has 0 radical (unpaired) electrons. The van der Waals surface area contributed by atoms with Crippen LogP contribution in [0.2, 0.25) is 0 Å². The Morgan fingerprint density at radius 3 is 2.62 bits per heavy atom. The molecule has 1 aromatic rings. The minimum Gasteiger partial charge on any atom is -0.293 e. The lowest BCUT2D eigenvalue weighted by Gasteiger charge is -2.43. The summed E-state index contributed by atoms with van der Waals surface area (Å²) >= 11 is 2.33. The fourth-order valence-corrected chi connectivity index (χ4v) is 4.37. The van der Waals surface area contributed by atoms with Crippen LogP contribution in [0.1, 0.15) is 37.7 Å². The van der Waals surface area contributed by atoms with Gasteiger partial charge in [0.05, 0.1) is 7.18 Å². The van der Waals surface area contributed by atoms with E-state index in [-0.39, 0.29) is 0 Å². The van der Waals surface area contributed by atoms with E-state index in [0.29, 0.717) is 7.18 Å². The van der Waals surface area contributed by atoms with Crippen LogP contribution in [0.25, 0.3) is 0 Å². The highest BCUT2D eigenvalue weighted by atomic mass is 127. The summed E-state index contributed by atoms with van der Waals surface area (Å²) in [5.74, 6) is 1.54. The van der Waals surface area contributed by atoms with Crippen molar-refractivity contribution < 1.29 is 4.39 Å². The normalized spacial score (nSPS) is 32.0. The first-order chi connectivity index (χ1) is 10.3. The summed E-state index contributed by atoms with van der Waals surface area (Å²) in [6.07, 6.45) is 6.44. The molecule has 0 N–H and O–H groups in total. The van der Waals surface area contributed by atoms with Gasteiger partial charge in [-0.15, -0.1) is 0 Å². The molecule has 2 heterocycles. The summed E-state index contributed by atoms with van der Waals surface area (Å²) in [4.78, 5) is 2.75. The van der Waals surface area contributed by atoms with E-state index >= 15 is 0 Å². The second-order valence-corrected chi connectivity index (χ2v) is 6.69. The molecular formula is C18H25FIN. The highest BCUT2D eigenvalue weighted by Crippen LogP contribution is 2.46. The van der Waals surface area contributed by atoms with Crippen molar-refractivity contribution in [1.29, 1.82) is 0 Å². The van der Waals surface area contributed by atoms with Gasteiger partial charge in [0.1, 0.15) is 0 Å². The molecule has 2 fully saturated rings. The van der Waals surface area contributed by atoms with E-state index in [2.05, 4.69) is 74.9 Å². The average molecular weight is 401 g/mol. The summed E-state index contributed by atoms with van der Waals surface area (Å²) in [5, 5.41) is 0. The molecule has 0 spiro atoms. The monoisotopic (exact) mass is 401 g/mol. The molecule has 4 atom stereocenters. The lowest BCUT2D eigenvalue weighted by atomic mass is 9.77. The van der Waals surface area contributed by atoms with E-state index in [1.807, 2.05) is 0 Å². The smallest absolute Gasteiger partial charge is 0.0785 e. The van der Waals surface area contributed by atoms with Crippen molar-refractivity contribution >= 4 is 22.6 Å². The molecule has 3 rings (SSSR count). The molecule has 0 aliphatic carbocycles. The van der Waals surface area contributed by atoms with Crippen LogP contribution >= 0.6 is 22.6 Å². The number of fused-ring (bicyclic) bond motifs is 2. The van der Waals surface area contributed by atoms with E-state index in [4.69, 9.17) is 0 Å². The first kappa shape index (κ1) is 16.9. The van der Waals surface area contributed by atoms with Gasteiger partial charge in [0.25, 0.3) is 0 Å². The van der Waals surface area contributed by atoms with Gasteiger partial charge in [-0.05, 0) is 40.7 Å². The van der Waals surface area contributed by atoms with Gasteiger partial charge in [0.2, 0.25) is 0 Å². The summed E-state index contributed by atoms with van der Waals surface area (Å²) < 4.78 is 11.7. The number of benzene rings is 1. The van der Waals surface area contributed by atoms with Gasteiger partial charge in [-0.2, -0.15) is 0 Å². The quantitative estimate of drug-likeness (QED) is 0.631. The van der Waals surface area contributed by atoms with Crippen molar-refractivity contribution in [3.05, 3.63) is 46.1 Å². The highest BCUT2D eigenvalue weighted by molar-refractivity contribution is 14.1. The largest absolute Gasteiger partial charge is 0.293 e. The Bertz CT molecular complexity index is 448. The highest BCUT2D eigenvalue weighted by Gasteiger charge is 2.44. The van der Waals surface area contributed by atoms with E-state index < -0.39 is 0 Å². The van der Waals surface area contributed by atoms with E-state index in [9.17, 15) is 4.39 Å². The first-order valence-electron chi connectivity index (χ1n) is 7.75. The summed E-state index contributed by atoms with van der Waals surface area (Å²) in [6.45, 7) is 3.61. The lowest BCUT2D eigenvalue weighted by molar-refractivity contribution is 0.0942. The molecule has 2 aliphatic heterocycles. The van der Waals surface area contributed by atoms with Crippen molar-refractivity contribution in [2.24, 2.45) is 5.92 Å². The predicted octanol–water partition coefficient (Wildman–Crippen LogP) is 5.18. The fourth-order valence-electron chi connectivity index (χ4n) is 4.15. The zero-order chi connectivity index (χ0) is 15.2. The predicted molar refractivity (Wildman–Crippen MR) is 96.7 cm³/mol. The van der Waals surface area contributed by atoms with Gasteiger partial charge < -0.3 is 0 Å². The maximum Gasteiger partial charge on any atom is 0.0785 e. The van der Waals surface area contributed by atoms with Crippen molar-refractivity contribution in [2.45, 2.75) is 44.2 Å². The third-order valence-corrected chi connectivity index (χ3v) is 5.60. The lowest BCUT2D eigenvalue weighted by Crippen LogP contribution is -2.47. The van der Waals surface area contributed by atoms with Crippen molar-refractivity contribution in [3.63, 3.8) is 0 Å². The van der Waals surface area contributed by atoms with Crippen LogP contribution < -0.4 is 0 Å². The van der Waals surface area contributed by atoms with Gasteiger partial charge >= 0.3 is 0 Å². The van der Waals surface area contributed by atoms with Crippen LogP contribution in [-0.4, -0.2) is 30.7 Å². The Hall–Kier alpha value is -0.420. The van der Waals surface area contributed by atoms with Crippen molar-refractivity contribution in [1.82, 2.24) is 4.90 Å². The molecule has 116 valence electrons. The standard InChI is InChI=1S/C17H22IN.CH3F/c1-13-16(14-6-3-2-4-7-14)12-15-8-9-17(13)19(15)11-5-10-18;1-2/h2-7,10,13,15-17H,8-9,11-12H2,1H3;1H3/b10-5+;/t13-,15?,16?,17?;/m1./s1. The third kappa shape index (κ3) is 3.67.